The van der Waals surface area contributed by atoms with E-state index < -0.39 is 5.82 Å². The van der Waals surface area contributed by atoms with E-state index in [4.69, 9.17) is 16.3 Å². The van der Waals surface area contributed by atoms with Gasteiger partial charge in [0.2, 0.25) is 0 Å². The Morgan fingerprint density at radius 3 is 2.80 bits per heavy atom. The van der Waals surface area contributed by atoms with Gasteiger partial charge in [-0.15, -0.1) is 0 Å². The van der Waals surface area contributed by atoms with Gasteiger partial charge in [-0.3, -0.25) is 0 Å². The maximum absolute atomic E-state index is 13.2. The summed E-state index contributed by atoms with van der Waals surface area (Å²) in [5.74, 6) is -0.295. The van der Waals surface area contributed by atoms with Gasteiger partial charge in [-0.05, 0) is 12.1 Å². The SMILES string of the molecule is CC(C)NCCOc1c(F)cccc1Cl. The Balaban J connectivity index is 2.43. The molecule has 0 radical (unpaired) electrons. The fourth-order valence-electron chi connectivity index (χ4n) is 1.12. The van der Waals surface area contributed by atoms with E-state index in [0.717, 1.165) is 0 Å². The minimum atomic E-state index is -0.424. The predicted octanol–water partition coefficient (Wildman–Crippen LogP) is 2.86. The molecule has 1 N–H and O–H groups in total. The number of rotatable bonds is 5. The summed E-state index contributed by atoms with van der Waals surface area (Å²) in [6, 6.07) is 4.88. The number of benzene rings is 1. The zero-order valence-corrected chi connectivity index (χ0v) is 9.64. The molecule has 0 heterocycles. The molecule has 0 aromatic heterocycles. The summed E-state index contributed by atoms with van der Waals surface area (Å²) in [5.41, 5.74) is 0. The first-order valence-corrected chi connectivity index (χ1v) is 5.29. The quantitative estimate of drug-likeness (QED) is 0.787. The van der Waals surface area contributed by atoms with Gasteiger partial charge in [0.25, 0.3) is 0 Å². The minimum absolute atomic E-state index is 0.129. The van der Waals surface area contributed by atoms with Crippen LogP contribution < -0.4 is 10.1 Å². The maximum atomic E-state index is 13.2. The molecule has 1 aromatic rings. The van der Waals surface area contributed by atoms with Crippen molar-refractivity contribution in [1.82, 2.24) is 5.32 Å². The van der Waals surface area contributed by atoms with Crippen LogP contribution in [-0.4, -0.2) is 19.2 Å². The fraction of sp³-hybridized carbons (Fsp3) is 0.455. The van der Waals surface area contributed by atoms with Crippen LogP contribution in [0.1, 0.15) is 13.8 Å². The molecule has 0 atom stereocenters. The molecule has 0 fully saturated rings. The highest BCUT2D eigenvalue weighted by molar-refractivity contribution is 6.32. The van der Waals surface area contributed by atoms with Gasteiger partial charge in [0.05, 0.1) is 5.02 Å². The third-order valence-electron chi connectivity index (χ3n) is 1.82. The smallest absolute Gasteiger partial charge is 0.173 e. The van der Waals surface area contributed by atoms with Crippen LogP contribution in [0.2, 0.25) is 5.02 Å². The van der Waals surface area contributed by atoms with E-state index >= 15 is 0 Å². The van der Waals surface area contributed by atoms with Gasteiger partial charge in [-0.2, -0.15) is 0 Å². The summed E-state index contributed by atoms with van der Waals surface area (Å²) in [6.45, 7) is 5.15. The second-order valence-corrected chi connectivity index (χ2v) is 3.92. The van der Waals surface area contributed by atoms with Crippen molar-refractivity contribution in [3.8, 4) is 5.75 Å². The fourth-order valence-corrected chi connectivity index (χ4v) is 1.34. The third kappa shape index (κ3) is 4.06. The van der Waals surface area contributed by atoms with Crippen molar-refractivity contribution in [2.45, 2.75) is 19.9 Å². The summed E-state index contributed by atoms with van der Waals surface area (Å²) < 4.78 is 18.5. The van der Waals surface area contributed by atoms with Crippen molar-refractivity contribution < 1.29 is 9.13 Å². The molecular weight excluding hydrogens is 217 g/mol. The second kappa shape index (κ2) is 5.93. The second-order valence-electron chi connectivity index (χ2n) is 3.51. The zero-order chi connectivity index (χ0) is 11.3. The molecule has 84 valence electrons. The summed E-state index contributed by atoms with van der Waals surface area (Å²) in [4.78, 5) is 0. The predicted molar refractivity (Wildman–Crippen MR) is 60.0 cm³/mol. The van der Waals surface area contributed by atoms with Crippen LogP contribution in [-0.2, 0) is 0 Å². The van der Waals surface area contributed by atoms with E-state index in [9.17, 15) is 4.39 Å². The average Bonchev–Trinajstić information content (AvgIpc) is 2.15. The number of halogens is 2. The Hall–Kier alpha value is -0.800. The molecule has 0 aliphatic heterocycles. The number of hydrogen-bond donors (Lipinski definition) is 1. The van der Waals surface area contributed by atoms with Gasteiger partial charge in [0.1, 0.15) is 6.61 Å². The van der Waals surface area contributed by atoms with Gasteiger partial charge in [0.15, 0.2) is 11.6 Å². The van der Waals surface area contributed by atoms with E-state index in [-0.39, 0.29) is 5.75 Å². The first kappa shape index (κ1) is 12.3. The zero-order valence-electron chi connectivity index (χ0n) is 8.89. The van der Waals surface area contributed by atoms with Crippen molar-refractivity contribution in [3.63, 3.8) is 0 Å². The van der Waals surface area contributed by atoms with Crippen molar-refractivity contribution in [2.24, 2.45) is 0 Å². The summed E-state index contributed by atoms with van der Waals surface area (Å²) in [7, 11) is 0. The Bertz CT molecular complexity index is 297. The molecule has 0 unspecified atom stereocenters. The number of hydrogen-bond acceptors (Lipinski definition) is 2. The third-order valence-corrected chi connectivity index (χ3v) is 2.12. The molecule has 0 amide bonds. The van der Waals surface area contributed by atoms with Crippen molar-refractivity contribution in [2.75, 3.05) is 13.2 Å². The molecule has 1 aromatic carbocycles. The molecule has 0 aliphatic rings. The van der Waals surface area contributed by atoms with Crippen molar-refractivity contribution in [3.05, 3.63) is 29.0 Å². The van der Waals surface area contributed by atoms with E-state index in [1.807, 2.05) is 13.8 Å². The Morgan fingerprint density at radius 2 is 2.20 bits per heavy atom. The number of nitrogens with one attached hydrogen (secondary N) is 1. The number of para-hydroxylation sites is 1. The first-order chi connectivity index (χ1) is 7.11. The lowest BCUT2D eigenvalue weighted by Crippen LogP contribution is -2.27. The van der Waals surface area contributed by atoms with Crippen LogP contribution in [0, 0.1) is 5.82 Å². The molecule has 0 bridgehead atoms. The monoisotopic (exact) mass is 231 g/mol. The van der Waals surface area contributed by atoms with E-state index in [1.165, 1.54) is 6.07 Å². The van der Waals surface area contributed by atoms with Crippen LogP contribution in [0.3, 0.4) is 0 Å². The molecule has 1 rings (SSSR count). The summed E-state index contributed by atoms with van der Waals surface area (Å²) in [5, 5.41) is 3.47. The van der Waals surface area contributed by atoms with Crippen molar-refractivity contribution in [1.29, 1.82) is 0 Å². The molecule has 0 saturated heterocycles. The minimum Gasteiger partial charge on any atom is -0.488 e. The normalized spacial score (nSPS) is 10.7. The highest BCUT2D eigenvalue weighted by atomic mass is 35.5. The topological polar surface area (TPSA) is 21.3 Å². The lowest BCUT2D eigenvalue weighted by atomic mass is 10.3. The highest BCUT2D eigenvalue weighted by Gasteiger charge is 2.07. The number of ether oxygens (including phenoxy) is 1. The van der Waals surface area contributed by atoms with Crippen LogP contribution in [0.4, 0.5) is 4.39 Å². The van der Waals surface area contributed by atoms with E-state index in [0.29, 0.717) is 24.2 Å². The van der Waals surface area contributed by atoms with Crippen LogP contribution >= 0.6 is 11.6 Å². The van der Waals surface area contributed by atoms with E-state index in [2.05, 4.69) is 5.32 Å². The first-order valence-electron chi connectivity index (χ1n) is 4.91. The van der Waals surface area contributed by atoms with Crippen LogP contribution in [0.5, 0.6) is 5.75 Å². The van der Waals surface area contributed by atoms with Gasteiger partial charge in [-0.25, -0.2) is 4.39 Å². The van der Waals surface area contributed by atoms with Gasteiger partial charge in [-0.1, -0.05) is 31.5 Å². The highest BCUT2D eigenvalue weighted by Crippen LogP contribution is 2.26. The standard InChI is InChI=1S/C11H15ClFNO/c1-8(2)14-6-7-15-11-9(12)4-3-5-10(11)13/h3-5,8,14H,6-7H2,1-2H3. The molecule has 2 nitrogen and oxygen atoms in total. The Kier molecular flexibility index (Phi) is 4.85. The van der Waals surface area contributed by atoms with Gasteiger partial charge in [0, 0.05) is 12.6 Å². The molecular formula is C11H15ClFNO. The maximum Gasteiger partial charge on any atom is 0.173 e. The molecule has 0 spiro atoms. The van der Waals surface area contributed by atoms with Gasteiger partial charge >= 0.3 is 0 Å². The average molecular weight is 232 g/mol. The summed E-state index contributed by atoms with van der Waals surface area (Å²) >= 11 is 5.79. The lowest BCUT2D eigenvalue weighted by molar-refractivity contribution is 0.294. The Morgan fingerprint density at radius 1 is 1.47 bits per heavy atom. The van der Waals surface area contributed by atoms with Crippen molar-refractivity contribution >= 4 is 11.6 Å². The molecule has 0 saturated carbocycles. The van der Waals surface area contributed by atoms with Crippen LogP contribution in [0.15, 0.2) is 18.2 Å². The lowest BCUT2D eigenvalue weighted by Gasteiger charge is -2.11. The van der Waals surface area contributed by atoms with E-state index in [1.54, 1.807) is 12.1 Å². The summed E-state index contributed by atoms with van der Waals surface area (Å²) in [6.07, 6.45) is 0. The largest absolute Gasteiger partial charge is 0.488 e. The molecule has 0 aliphatic carbocycles. The van der Waals surface area contributed by atoms with Gasteiger partial charge < -0.3 is 10.1 Å². The molecule has 15 heavy (non-hydrogen) atoms. The Labute approximate surface area is 94.4 Å². The molecule has 4 heteroatoms. The van der Waals surface area contributed by atoms with Crippen LogP contribution in [0.25, 0.3) is 0 Å².